The number of carbonyl (C=O) groups is 3. The minimum absolute atomic E-state index is 0.0537. The highest BCUT2D eigenvalue weighted by molar-refractivity contribution is 9.15. The maximum absolute atomic E-state index is 14.7. The van der Waals surface area contributed by atoms with Crippen molar-refractivity contribution in [2.45, 2.75) is 20.0 Å². The van der Waals surface area contributed by atoms with Crippen LogP contribution in [0.1, 0.15) is 35.3 Å². The Bertz CT molecular complexity index is 1040. The number of nitrogens with zero attached hydrogens (tertiary/aromatic N) is 1. The molecule has 1 fully saturated rings. The third-order valence-corrected chi connectivity index (χ3v) is 5.26. The average molecular weight is 475 g/mol. The van der Waals surface area contributed by atoms with Crippen LogP contribution in [0.15, 0.2) is 42.5 Å². The minimum Gasteiger partial charge on any atom is -0.442 e. The highest BCUT2D eigenvalue weighted by atomic mass is 79.9. The Morgan fingerprint density at radius 1 is 1.23 bits per heavy atom. The summed E-state index contributed by atoms with van der Waals surface area (Å²) in [4.78, 5) is 36.0. The molecule has 0 saturated carbocycles. The molecule has 0 bridgehead atoms. The van der Waals surface area contributed by atoms with Crippen LogP contribution in [0.4, 0.5) is 14.9 Å². The van der Waals surface area contributed by atoms with Crippen LogP contribution in [0.2, 0.25) is 0 Å². The molecule has 0 spiro atoms. The lowest BCUT2D eigenvalue weighted by Gasteiger charge is -2.14. The van der Waals surface area contributed by atoms with Gasteiger partial charge in [-0.25, -0.2) is 9.18 Å². The van der Waals surface area contributed by atoms with E-state index in [4.69, 9.17) is 4.74 Å². The third-order valence-electron chi connectivity index (χ3n) is 4.58. The molecule has 2 aromatic carbocycles. The smallest absolute Gasteiger partial charge is 0.414 e. The molecule has 0 aliphatic carbocycles. The number of rotatable bonds is 6. The first-order valence-corrected chi connectivity index (χ1v) is 10.0. The zero-order valence-corrected chi connectivity index (χ0v) is 18.0. The Morgan fingerprint density at radius 2 is 1.97 bits per heavy atom. The minimum atomic E-state index is -0.588. The molecule has 1 saturated heterocycles. The summed E-state index contributed by atoms with van der Waals surface area (Å²) in [6.07, 6.45) is 0.530. The SMILES string of the molecule is CC(=O)NC[C@H]1CN(c2ccc(C=C(Br)c3cccc(C(C)=O)c3)c(F)c2)C(=O)O1. The number of carbonyl (C=O) groups excluding carboxylic acids is 3. The summed E-state index contributed by atoms with van der Waals surface area (Å²) >= 11 is 3.44. The number of ether oxygens (including phenoxy) is 1. The van der Waals surface area contributed by atoms with E-state index in [2.05, 4.69) is 21.2 Å². The monoisotopic (exact) mass is 474 g/mol. The molecule has 0 radical (unpaired) electrons. The Hall–Kier alpha value is -3.00. The van der Waals surface area contributed by atoms with E-state index in [1.165, 1.54) is 24.8 Å². The number of benzene rings is 2. The van der Waals surface area contributed by atoms with Gasteiger partial charge in [-0.1, -0.05) is 34.1 Å². The first kappa shape index (κ1) is 21.7. The van der Waals surface area contributed by atoms with Gasteiger partial charge in [-0.3, -0.25) is 14.5 Å². The standard InChI is InChI=1S/C22H20BrFN2O4/c1-13(27)15-4-3-5-16(8-15)20(23)9-17-6-7-18(10-21(17)24)26-12-19(30-22(26)29)11-25-14(2)28/h3-10,19H,11-12H2,1-2H3,(H,25,28)/t19-/m0/s1. The van der Waals surface area contributed by atoms with Crippen LogP contribution in [-0.4, -0.2) is 37.0 Å². The van der Waals surface area contributed by atoms with Gasteiger partial charge in [-0.05, 0) is 42.8 Å². The lowest BCUT2D eigenvalue weighted by molar-refractivity contribution is -0.119. The fourth-order valence-electron chi connectivity index (χ4n) is 3.00. The van der Waals surface area contributed by atoms with Gasteiger partial charge in [0.15, 0.2) is 5.78 Å². The van der Waals surface area contributed by atoms with E-state index in [1.54, 1.807) is 36.4 Å². The van der Waals surface area contributed by atoms with Gasteiger partial charge in [0, 0.05) is 22.5 Å². The predicted octanol–water partition coefficient (Wildman–Crippen LogP) is 4.38. The van der Waals surface area contributed by atoms with Crippen molar-refractivity contribution in [3.63, 3.8) is 0 Å². The fourth-order valence-corrected chi connectivity index (χ4v) is 3.50. The molecule has 1 heterocycles. The summed E-state index contributed by atoms with van der Waals surface area (Å²) in [6, 6.07) is 11.5. The Morgan fingerprint density at radius 3 is 2.63 bits per heavy atom. The van der Waals surface area contributed by atoms with Crippen molar-refractivity contribution in [2.24, 2.45) is 0 Å². The highest BCUT2D eigenvalue weighted by Crippen LogP contribution is 2.29. The molecular formula is C22H20BrFN2O4. The summed E-state index contributed by atoms with van der Waals surface area (Å²) in [5, 5.41) is 2.60. The molecule has 0 unspecified atom stereocenters. The molecule has 2 aromatic rings. The highest BCUT2D eigenvalue weighted by Gasteiger charge is 2.32. The zero-order chi connectivity index (χ0) is 21.8. The Balaban J connectivity index is 1.78. The zero-order valence-electron chi connectivity index (χ0n) is 16.4. The number of nitrogens with one attached hydrogen (secondary N) is 1. The molecule has 1 aliphatic heterocycles. The summed E-state index contributed by atoms with van der Waals surface area (Å²) in [6.45, 7) is 3.28. The maximum atomic E-state index is 14.7. The number of cyclic esters (lactones) is 1. The van der Waals surface area contributed by atoms with Gasteiger partial charge in [0.1, 0.15) is 11.9 Å². The fraction of sp³-hybridized carbons (Fsp3) is 0.227. The quantitative estimate of drug-likeness (QED) is 0.497. The van der Waals surface area contributed by atoms with Crippen LogP contribution in [0.25, 0.3) is 10.6 Å². The van der Waals surface area contributed by atoms with E-state index >= 15 is 0 Å². The van der Waals surface area contributed by atoms with Crippen molar-refractivity contribution in [1.29, 1.82) is 0 Å². The average Bonchev–Trinajstić information content (AvgIpc) is 3.08. The largest absolute Gasteiger partial charge is 0.442 e. The number of hydrogen-bond acceptors (Lipinski definition) is 4. The van der Waals surface area contributed by atoms with Crippen molar-refractivity contribution >= 4 is 50.0 Å². The molecule has 8 heteroatoms. The van der Waals surface area contributed by atoms with Crippen molar-refractivity contribution in [3.05, 3.63) is 65.0 Å². The number of Topliss-reactive ketones (excluding diaryl/α,β-unsaturated/α-hetero) is 1. The summed E-state index contributed by atoms with van der Waals surface area (Å²) in [5.41, 5.74) is 2.00. The van der Waals surface area contributed by atoms with Gasteiger partial charge in [0.05, 0.1) is 18.8 Å². The first-order chi connectivity index (χ1) is 14.2. The maximum Gasteiger partial charge on any atom is 0.414 e. The number of hydrogen-bond donors (Lipinski definition) is 1. The number of halogens is 2. The Kier molecular flexibility index (Phi) is 6.66. The van der Waals surface area contributed by atoms with Gasteiger partial charge >= 0.3 is 6.09 Å². The number of anilines is 1. The predicted molar refractivity (Wildman–Crippen MR) is 116 cm³/mol. The van der Waals surface area contributed by atoms with Crippen LogP contribution >= 0.6 is 15.9 Å². The molecule has 1 aliphatic rings. The third kappa shape index (κ3) is 5.13. The van der Waals surface area contributed by atoms with E-state index in [0.29, 0.717) is 21.3 Å². The normalized spacial score (nSPS) is 16.4. The van der Waals surface area contributed by atoms with Crippen molar-refractivity contribution in [3.8, 4) is 0 Å². The van der Waals surface area contributed by atoms with Gasteiger partial charge in [0.25, 0.3) is 0 Å². The number of ketones is 1. The first-order valence-electron chi connectivity index (χ1n) is 9.25. The molecule has 3 rings (SSSR count). The summed E-state index contributed by atoms with van der Waals surface area (Å²) in [5.74, 6) is -0.779. The van der Waals surface area contributed by atoms with Crippen molar-refractivity contribution in [2.75, 3.05) is 18.0 Å². The topological polar surface area (TPSA) is 75.7 Å². The van der Waals surface area contributed by atoms with Crippen LogP contribution < -0.4 is 10.2 Å². The second-order valence-electron chi connectivity index (χ2n) is 6.89. The molecule has 156 valence electrons. The van der Waals surface area contributed by atoms with E-state index in [1.807, 2.05) is 6.07 Å². The van der Waals surface area contributed by atoms with Crippen LogP contribution in [0, 0.1) is 5.82 Å². The Labute approximate surface area is 181 Å². The molecular weight excluding hydrogens is 455 g/mol. The van der Waals surface area contributed by atoms with E-state index < -0.39 is 18.0 Å². The lowest BCUT2D eigenvalue weighted by Crippen LogP contribution is -2.33. The van der Waals surface area contributed by atoms with Crippen molar-refractivity contribution in [1.82, 2.24) is 5.32 Å². The van der Waals surface area contributed by atoms with Gasteiger partial charge < -0.3 is 10.1 Å². The van der Waals surface area contributed by atoms with Gasteiger partial charge in [0.2, 0.25) is 5.91 Å². The summed E-state index contributed by atoms with van der Waals surface area (Å²) in [7, 11) is 0. The second-order valence-corrected chi connectivity index (χ2v) is 7.74. The second kappa shape index (κ2) is 9.21. The van der Waals surface area contributed by atoms with E-state index in [-0.39, 0.29) is 24.8 Å². The molecule has 1 atom stereocenters. The van der Waals surface area contributed by atoms with Crippen molar-refractivity contribution < 1.29 is 23.5 Å². The van der Waals surface area contributed by atoms with Gasteiger partial charge in [-0.2, -0.15) is 0 Å². The molecule has 6 nitrogen and oxygen atoms in total. The molecule has 2 amide bonds. The molecule has 0 aromatic heterocycles. The summed E-state index contributed by atoms with van der Waals surface area (Å²) < 4.78 is 20.5. The van der Waals surface area contributed by atoms with Gasteiger partial charge in [-0.15, -0.1) is 0 Å². The van der Waals surface area contributed by atoms with Crippen LogP contribution in [0.3, 0.4) is 0 Å². The molecule has 1 N–H and O–H groups in total. The van der Waals surface area contributed by atoms with E-state index in [9.17, 15) is 18.8 Å². The lowest BCUT2D eigenvalue weighted by atomic mass is 10.1. The molecule has 30 heavy (non-hydrogen) atoms. The van der Waals surface area contributed by atoms with E-state index in [0.717, 1.165) is 5.56 Å². The number of amides is 2. The van der Waals surface area contributed by atoms with Crippen LogP contribution in [0.5, 0.6) is 0 Å². The van der Waals surface area contributed by atoms with Crippen LogP contribution in [-0.2, 0) is 9.53 Å².